The summed E-state index contributed by atoms with van der Waals surface area (Å²) < 4.78 is 2.03. The van der Waals surface area contributed by atoms with E-state index >= 15 is 0 Å². The fourth-order valence-electron chi connectivity index (χ4n) is 1.37. The highest BCUT2D eigenvalue weighted by molar-refractivity contribution is 5.78. The van der Waals surface area contributed by atoms with Crippen LogP contribution >= 0.6 is 0 Å². The third-order valence-corrected chi connectivity index (χ3v) is 1.97. The normalized spacial score (nSPS) is 10.5. The number of benzene rings is 1. The molecule has 66 valence electrons. The summed E-state index contributed by atoms with van der Waals surface area (Å²) in [5.41, 5.74) is 8.41. The van der Waals surface area contributed by atoms with Crippen molar-refractivity contribution in [3.63, 3.8) is 0 Å². The molecule has 0 radical (unpaired) electrons. The lowest BCUT2D eigenvalue weighted by Gasteiger charge is -1.98. The van der Waals surface area contributed by atoms with Gasteiger partial charge in [-0.05, 0) is 18.2 Å². The van der Waals surface area contributed by atoms with Crippen molar-refractivity contribution in [1.82, 2.24) is 9.55 Å². The van der Waals surface area contributed by atoms with Crippen molar-refractivity contribution in [2.75, 3.05) is 5.73 Å². The number of nitrogens with zero attached hydrogens (tertiary/aromatic N) is 2. The van der Waals surface area contributed by atoms with E-state index in [1.54, 1.807) is 6.33 Å². The summed E-state index contributed by atoms with van der Waals surface area (Å²) in [5, 5.41) is 0. The molecule has 0 atom stereocenters. The predicted octanol–water partition coefficient (Wildman–Crippen LogP) is 1.80. The van der Waals surface area contributed by atoms with Crippen molar-refractivity contribution >= 4 is 16.7 Å². The van der Waals surface area contributed by atoms with Gasteiger partial charge in [0.1, 0.15) is 0 Å². The zero-order valence-corrected chi connectivity index (χ0v) is 7.27. The van der Waals surface area contributed by atoms with Crippen LogP contribution in [0.2, 0.25) is 0 Å². The molecular weight excluding hydrogens is 162 g/mol. The number of nitrogens with two attached hydrogens (primary N) is 1. The summed E-state index contributed by atoms with van der Waals surface area (Å²) in [4.78, 5) is 4.23. The summed E-state index contributed by atoms with van der Waals surface area (Å²) in [6, 6.07) is 5.72. The van der Waals surface area contributed by atoms with Gasteiger partial charge in [-0.2, -0.15) is 0 Å². The van der Waals surface area contributed by atoms with E-state index in [4.69, 9.17) is 5.73 Å². The Bertz CT molecular complexity index is 442. The lowest BCUT2D eigenvalue weighted by atomic mass is 10.3. The number of allylic oxidation sites excluding steroid dienone is 1. The van der Waals surface area contributed by atoms with Crippen molar-refractivity contribution in [3.05, 3.63) is 37.2 Å². The molecule has 0 bridgehead atoms. The topological polar surface area (TPSA) is 43.8 Å². The maximum atomic E-state index is 5.64. The molecule has 2 rings (SSSR count). The Balaban J connectivity index is 2.61. The highest BCUT2D eigenvalue weighted by atomic mass is 15.0. The Hall–Kier alpha value is -1.77. The van der Waals surface area contributed by atoms with Crippen LogP contribution < -0.4 is 5.73 Å². The number of rotatable bonds is 2. The fourth-order valence-corrected chi connectivity index (χ4v) is 1.37. The van der Waals surface area contributed by atoms with E-state index in [2.05, 4.69) is 11.6 Å². The number of hydrogen-bond donors (Lipinski definition) is 1. The highest BCUT2D eigenvalue weighted by Gasteiger charge is 2.00. The van der Waals surface area contributed by atoms with Gasteiger partial charge in [0.05, 0.1) is 17.4 Å². The van der Waals surface area contributed by atoms with Crippen LogP contribution in [-0.4, -0.2) is 9.55 Å². The molecule has 0 amide bonds. The second-order valence-corrected chi connectivity index (χ2v) is 2.93. The molecule has 0 aliphatic heterocycles. The summed E-state index contributed by atoms with van der Waals surface area (Å²) >= 11 is 0. The monoisotopic (exact) mass is 173 g/mol. The molecule has 1 aromatic heterocycles. The zero-order valence-electron chi connectivity index (χ0n) is 7.27. The fraction of sp³-hybridized carbons (Fsp3) is 0.100. The Morgan fingerprint density at radius 3 is 3.15 bits per heavy atom. The van der Waals surface area contributed by atoms with Gasteiger partial charge < -0.3 is 10.3 Å². The highest BCUT2D eigenvalue weighted by Crippen LogP contribution is 2.15. The molecule has 0 unspecified atom stereocenters. The molecule has 2 N–H and O–H groups in total. The summed E-state index contributed by atoms with van der Waals surface area (Å²) in [7, 11) is 0. The maximum Gasteiger partial charge on any atom is 0.0961 e. The molecule has 0 aliphatic carbocycles. The van der Waals surface area contributed by atoms with Crippen molar-refractivity contribution < 1.29 is 0 Å². The van der Waals surface area contributed by atoms with Gasteiger partial charge in [-0.1, -0.05) is 6.08 Å². The van der Waals surface area contributed by atoms with Crippen molar-refractivity contribution in [1.29, 1.82) is 0 Å². The Morgan fingerprint density at radius 1 is 1.54 bits per heavy atom. The molecule has 0 fully saturated rings. The van der Waals surface area contributed by atoms with Gasteiger partial charge in [-0.3, -0.25) is 0 Å². The number of hydrogen-bond acceptors (Lipinski definition) is 2. The molecule has 0 spiro atoms. The third-order valence-electron chi connectivity index (χ3n) is 1.97. The maximum absolute atomic E-state index is 5.64. The smallest absolute Gasteiger partial charge is 0.0961 e. The minimum Gasteiger partial charge on any atom is -0.399 e. The van der Waals surface area contributed by atoms with Crippen LogP contribution in [0.4, 0.5) is 5.69 Å². The molecule has 1 aromatic carbocycles. The SMILES string of the molecule is C=CCn1cnc2cc(N)ccc21. The number of imidazole rings is 1. The second-order valence-electron chi connectivity index (χ2n) is 2.93. The molecule has 3 nitrogen and oxygen atoms in total. The van der Waals surface area contributed by atoms with Crippen molar-refractivity contribution in [2.24, 2.45) is 0 Å². The Labute approximate surface area is 76.5 Å². The summed E-state index contributed by atoms with van der Waals surface area (Å²) in [6.45, 7) is 4.46. The minimum absolute atomic E-state index is 0.747. The van der Waals surface area contributed by atoms with E-state index in [0.29, 0.717) is 0 Å². The van der Waals surface area contributed by atoms with Gasteiger partial charge in [0.15, 0.2) is 0 Å². The van der Waals surface area contributed by atoms with E-state index in [1.807, 2.05) is 28.8 Å². The molecule has 13 heavy (non-hydrogen) atoms. The quantitative estimate of drug-likeness (QED) is 0.556. The zero-order chi connectivity index (χ0) is 9.26. The molecule has 0 aliphatic rings. The molecule has 0 saturated heterocycles. The second kappa shape index (κ2) is 2.94. The third kappa shape index (κ3) is 1.28. The lowest BCUT2D eigenvalue weighted by Crippen LogP contribution is -1.92. The van der Waals surface area contributed by atoms with E-state index < -0.39 is 0 Å². The van der Waals surface area contributed by atoms with Gasteiger partial charge in [-0.25, -0.2) is 4.98 Å². The summed E-state index contributed by atoms with van der Waals surface area (Å²) in [6.07, 6.45) is 3.64. The van der Waals surface area contributed by atoms with Gasteiger partial charge in [0.25, 0.3) is 0 Å². The van der Waals surface area contributed by atoms with Crippen LogP contribution in [0.25, 0.3) is 11.0 Å². The number of anilines is 1. The average molecular weight is 173 g/mol. The first-order valence-electron chi connectivity index (χ1n) is 4.12. The predicted molar refractivity (Wildman–Crippen MR) is 54.3 cm³/mol. The standard InChI is InChI=1S/C10H11N3/c1-2-5-13-7-12-9-6-8(11)3-4-10(9)13/h2-4,6-7H,1,5,11H2. The lowest BCUT2D eigenvalue weighted by molar-refractivity contribution is 0.851. The van der Waals surface area contributed by atoms with Gasteiger partial charge in [0, 0.05) is 12.2 Å². The number of aromatic nitrogens is 2. The van der Waals surface area contributed by atoms with E-state index in [-0.39, 0.29) is 0 Å². The van der Waals surface area contributed by atoms with Gasteiger partial charge in [0.2, 0.25) is 0 Å². The van der Waals surface area contributed by atoms with E-state index in [9.17, 15) is 0 Å². The van der Waals surface area contributed by atoms with Crippen LogP contribution in [0.3, 0.4) is 0 Å². The van der Waals surface area contributed by atoms with Crippen LogP contribution in [0.5, 0.6) is 0 Å². The average Bonchev–Trinajstić information content (AvgIpc) is 2.49. The number of nitrogen functional groups attached to an aromatic ring is 1. The van der Waals surface area contributed by atoms with E-state index in [1.165, 1.54) is 0 Å². The van der Waals surface area contributed by atoms with Crippen LogP contribution in [0, 0.1) is 0 Å². The van der Waals surface area contributed by atoms with Crippen molar-refractivity contribution in [2.45, 2.75) is 6.54 Å². The minimum atomic E-state index is 0.747. The molecule has 0 saturated carbocycles. The first-order chi connectivity index (χ1) is 6.31. The summed E-state index contributed by atoms with van der Waals surface area (Å²) in [5.74, 6) is 0. The first kappa shape index (κ1) is 7.86. The van der Waals surface area contributed by atoms with Crippen LogP contribution in [0.1, 0.15) is 0 Å². The van der Waals surface area contributed by atoms with Crippen LogP contribution in [0.15, 0.2) is 37.2 Å². The van der Waals surface area contributed by atoms with Gasteiger partial charge in [-0.15, -0.1) is 6.58 Å². The number of fused-ring (bicyclic) bond motifs is 1. The largest absolute Gasteiger partial charge is 0.399 e. The Morgan fingerprint density at radius 2 is 2.38 bits per heavy atom. The molecule has 1 heterocycles. The molecular formula is C10H11N3. The van der Waals surface area contributed by atoms with E-state index in [0.717, 1.165) is 23.3 Å². The van der Waals surface area contributed by atoms with Gasteiger partial charge >= 0.3 is 0 Å². The van der Waals surface area contributed by atoms with Crippen LogP contribution in [-0.2, 0) is 6.54 Å². The Kier molecular flexibility index (Phi) is 1.77. The molecule has 3 heteroatoms. The first-order valence-corrected chi connectivity index (χ1v) is 4.12. The molecule has 2 aromatic rings. The van der Waals surface area contributed by atoms with Crippen molar-refractivity contribution in [3.8, 4) is 0 Å².